The van der Waals surface area contributed by atoms with Crippen LogP contribution in [0.4, 0.5) is 13.2 Å². The zero-order chi connectivity index (χ0) is 25.0. The predicted octanol–water partition coefficient (Wildman–Crippen LogP) is 7.55. The number of oxazole rings is 1. The van der Waals surface area contributed by atoms with Crippen LogP contribution in [0.3, 0.4) is 0 Å². The Balaban J connectivity index is 1.42. The van der Waals surface area contributed by atoms with Gasteiger partial charge in [0.2, 0.25) is 5.89 Å². The second-order valence-corrected chi connectivity index (χ2v) is 8.93. The minimum atomic E-state index is -4.74. The van der Waals surface area contributed by atoms with E-state index in [1.807, 2.05) is 24.3 Å². The third kappa shape index (κ3) is 6.54. The summed E-state index contributed by atoms with van der Waals surface area (Å²) >= 11 is 5.56. The number of benzene rings is 3. The molecule has 0 bridgehead atoms. The predicted molar refractivity (Wildman–Crippen MR) is 135 cm³/mol. The summed E-state index contributed by atoms with van der Waals surface area (Å²) < 4.78 is 46.7. The van der Waals surface area contributed by atoms with E-state index in [1.165, 1.54) is 35.4 Å². The summed E-state index contributed by atoms with van der Waals surface area (Å²) in [5, 5.41) is 0. The molecule has 4 aromatic rings. The zero-order valence-corrected chi connectivity index (χ0v) is 20.0. The van der Waals surface area contributed by atoms with Crippen LogP contribution in [0, 0.1) is 0 Å². The maximum atomic E-state index is 12.3. The highest BCUT2D eigenvalue weighted by Crippen LogP contribution is 2.28. The van der Waals surface area contributed by atoms with Crippen LogP contribution in [0.25, 0.3) is 22.6 Å². The summed E-state index contributed by atoms with van der Waals surface area (Å²) in [4.78, 5) is 9.81. The Hall–Kier alpha value is -3.52. The normalized spacial score (nSPS) is 12.1. The van der Waals surface area contributed by atoms with Crippen LogP contribution in [0.1, 0.15) is 36.5 Å². The molecule has 0 atom stereocenters. The van der Waals surface area contributed by atoms with Gasteiger partial charge in [-0.05, 0) is 65.1 Å². The van der Waals surface area contributed by atoms with E-state index in [0.29, 0.717) is 41.4 Å². The lowest BCUT2D eigenvalue weighted by Gasteiger charge is -2.12. The first-order valence-corrected chi connectivity index (χ1v) is 11.4. The van der Waals surface area contributed by atoms with Crippen molar-refractivity contribution in [3.8, 4) is 17.2 Å². The fraction of sp³-hybridized carbons (Fsp3) is 0.222. The van der Waals surface area contributed by atoms with Crippen molar-refractivity contribution >= 4 is 34.4 Å². The van der Waals surface area contributed by atoms with Crippen molar-refractivity contribution in [2.45, 2.75) is 32.5 Å². The number of aromatic nitrogens is 1. The molecule has 4 nitrogen and oxygen atoms in total. The zero-order valence-electron chi connectivity index (χ0n) is 19.2. The molecular formula is C27H23F3N2O2S. The molecular weight excluding hydrogens is 473 g/mol. The number of alkyl halides is 3. The highest BCUT2D eigenvalue weighted by molar-refractivity contribution is 7.80. The van der Waals surface area contributed by atoms with E-state index in [1.54, 1.807) is 12.3 Å². The van der Waals surface area contributed by atoms with Crippen LogP contribution in [-0.2, 0) is 6.42 Å². The SMILES string of the molecule is CC(C)c1ccccc1CC(=S)CN=Cc1ccc2oc(-c3ccc(OC(F)(F)F)cc3)nc2c1. The monoisotopic (exact) mass is 496 g/mol. The molecule has 1 heterocycles. The van der Waals surface area contributed by atoms with Gasteiger partial charge in [0.15, 0.2) is 5.58 Å². The van der Waals surface area contributed by atoms with Gasteiger partial charge >= 0.3 is 6.36 Å². The van der Waals surface area contributed by atoms with Crippen LogP contribution >= 0.6 is 12.2 Å². The highest BCUT2D eigenvalue weighted by Gasteiger charge is 2.31. The summed E-state index contributed by atoms with van der Waals surface area (Å²) in [6.45, 7) is 4.78. The smallest absolute Gasteiger partial charge is 0.436 e. The van der Waals surface area contributed by atoms with Gasteiger partial charge in [0.25, 0.3) is 0 Å². The molecule has 4 rings (SSSR count). The number of ether oxygens (including phenoxy) is 1. The maximum absolute atomic E-state index is 12.3. The molecule has 0 radical (unpaired) electrons. The fourth-order valence-electron chi connectivity index (χ4n) is 3.73. The second kappa shape index (κ2) is 10.4. The highest BCUT2D eigenvalue weighted by atomic mass is 32.1. The maximum Gasteiger partial charge on any atom is 0.573 e. The first kappa shape index (κ1) is 24.6. The minimum Gasteiger partial charge on any atom is -0.436 e. The standard InChI is InChI=1S/C27H23F3N2O2S/c1-17(2)23-6-4-3-5-20(23)14-22(35)16-31-15-18-7-12-25-24(13-18)32-26(33-25)19-8-10-21(11-9-19)34-27(28,29)30/h3-13,15,17H,14,16H2,1-2H3. The summed E-state index contributed by atoms with van der Waals surface area (Å²) in [5.41, 5.74) is 5.10. The number of thiocarbonyl (C=S) groups is 1. The first-order chi connectivity index (χ1) is 16.7. The lowest BCUT2D eigenvalue weighted by Crippen LogP contribution is -2.16. The molecule has 0 amide bonds. The number of hydrogen-bond acceptors (Lipinski definition) is 5. The Morgan fingerprint density at radius 1 is 1.09 bits per heavy atom. The quantitative estimate of drug-likeness (QED) is 0.187. The summed E-state index contributed by atoms with van der Waals surface area (Å²) in [6.07, 6.45) is -2.28. The molecule has 8 heteroatoms. The van der Waals surface area contributed by atoms with Gasteiger partial charge in [-0.15, -0.1) is 13.2 Å². The summed E-state index contributed by atoms with van der Waals surface area (Å²) in [5.74, 6) is 0.432. The first-order valence-electron chi connectivity index (χ1n) is 11.0. The van der Waals surface area contributed by atoms with Crippen LogP contribution < -0.4 is 4.74 Å². The molecule has 0 saturated heterocycles. The van der Waals surface area contributed by atoms with Gasteiger partial charge in [-0.3, -0.25) is 4.99 Å². The lowest BCUT2D eigenvalue weighted by molar-refractivity contribution is -0.274. The van der Waals surface area contributed by atoms with Crippen molar-refractivity contribution in [2.24, 2.45) is 4.99 Å². The van der Waals surface area contributed by atoms with E-state index < -0.39 is 6.36 Å². The van der Waals surface area contributed by atoms with E-state index in [-0.39, 0.29) is 5.75 Å². The van der Waals surface area contributed by atoms with E-state index >= 15 is 0 Å². The van der Waals surface area contributed by atoms with Crippen molar-refractivity contribution in [1.29, 1.82) is 0 Å². The molecule has 35 heavy (non-hydrogen) atoms. The van der Waals surface area contributed by atoms with Crippen LogP contribution in [0.15, 0.2) is 76.1 Å². The number of halogens is 3. The summed E-state index contributed by atoms with van der Waals surface area (Å²) in [7, 11) is 0. The molecule has 3 aromatic carbocycles. The molecule has 0 spiro atoms. The number of fused-ring (bicyclic) bond motifs is 1. The van der Waals surface area contributed by atoms with Crippen molar-refractivity contribution in [3.05, 3.63) is 83.4 Å². The molecule has 0 N–H and O–H groups in total. The average molecular weight is 497 g/mol. The Morgan fingerprint density at radius 3 is 2.54 bits per heavy atom. The van der Waals surface area contributed by atoms with Gasteiger partial charge in [-0.1, -0.05) is 50.3 Å². The second-order valence-electron chi connectivity index (χ2n) is 8.36. The third-order valence-electron chi connectivity index (χ3n) is 5.32. The van der Waals surface area contributed by atoms with Crippen molar-refractivity contribution in [2.75, 3.05) is 6.54 Å². The number of hydrogen-bond donors (Lipinski definition) is 0. The summed E-state index contributed by atoms with van der Waals surface area (Å²) in [6, 6.07) is 19.2. The van der Waals surface area contributed by atoms with Gasteiger partial charge in [0.05, 0.1) is 6.54 Å². The van der Waals surface area contributed by atoms with E-state index in [4.69, 9.17) is 16.6 Å². The van der Waals surface area contributed by atoms with Crippen molar-refractivity contribution in [1.82, 2.24) is 4.98 Å². The Bertz CT molecular complexity index is 1360. The van der Waals surface area contributed by atoms with E-state index in [0.717, 1.165) is 10.4 Å². The topological polar surface area (TPSA) is 47.6 Å². The van der Waals surface area contributed by atoms with Crippen molar-refractivity contribution in [3.63, 3.8) is 0 Å². The largest absolute Gasteiger partial charge is 0.573 e. The molecule has 180 valence electrons. The molecule has 0 unspecified atom stereocenters. The molecule has 0 aliphatic heterocycles. The molecule has 0 aliphatic carbocycles. The van der Waals surface area contributed by atoms with Gasteiger partial charge < -0.3 is 9.15 Å². The molecule has 0 aliphatic rings. The van der Waals surface area contributed by atoms with Crippen LogP contribution in [0.5, 0.6) is 5.75 Å². The molecule has 0 fully saturated rings. The van der Waals surface area contributed by atoms with Gasteiger partial charge in [0.1, 0.15) is 11.3 Å². The van der Waals surface area contributed by atoms with Gasteiger partial charge in [-0.25, -0.2) is 4.98 Å². The number of aliphatic imine (C=N–C) groups is 1. The van der Waals surface area contributed by atoms with Gasteiger partial charge in [0, 0.05) is 23.1 Å². The van der Waals surface area contributed by atoms with Crippen molar-refractivity contribution < 1.29 is 22.3 Å². The Morgan fingerprint density at radius 2 is 1.83 bits per heavy atom. The van der Waals surface area contributed by atoms with E-state index in [9.17, 15) is 13.2 Å². The van der Waals surface area contributed by atoms with E-state index in [2.05, 4.69) is 40.7 Å². The van der Waals surface area contributed by atoms with Crippen LogP contribution in [0.2, 0.25) is 0 Å². The Kier molecular flexibility index (Phi) is 7.31. The minimum absolute atomic E-state index is 0.303. The fourth-order valence-corrected chi connectivity index (χ4v) is 3.96. The third-order valence-corrected chi connectivity index (χ3v) is 5.59. The molecule has 0 saturated carbocycles. The average Bonchev–Trinajstić information content (AvgIpc) is 3.22. The Labute approximate surface area is 206 Å². The molecule has 1 aromatic heterocycles. The van der Waals surface area contributed by atoms with Gasteiger partial charge in [-0.2, -0.15) is 0 Å². The number of rotatable bonds is 8. The number of nitrogens with zero attached hydrogens (tertiary/aromatic N) is 2. The van der Waals surface area contributed by atoms with Crippen LogP contribution in [-0.4, -0.2) is 29.0 Å². The lowest BCUT2D eigenvalue weighted by atomic mass is 9.94.